The number of likely N-dealkylation sites (N-methyl/N-ethyl adjacent to an activating group) is 1. The molecule has 0 saturated heterocycles. The molecule has 4 heteroatoms. The second kappa shape index (κ2) is 2.68. The normalized spacial score (nSPS) is 17.8. The minimum atomic E-state index is 0.00519. The van der Waals surface area contributed by atoms with Crippen molar-refractivity contribution in [1.29, 1.82) is 0 Å². The molecule has 0 aromatic heterocycles. The van der Waals surface area contributed by atoms with E-state index in [0.717, 1.165) is 5.84 Å². The number of hydrogen-bond donors (Lipinski definition) is 1. The Morgan fingerprint density at radius 3 is 2.70 bits per heavy atom. The van der Waals surface area contributed by atoms with Gasteiger partial charge in [-0.2, -0.15) is 0 Å². The molecule has 56 valence electrons. The number of carbonyl (C=O) groups excluding carboxylic acids is 1. The molecule has 1 amide bonds. The third-order valence-electron chi connectivity index (χ3n) is 1.37. The van der Waals surface area contributed by atoms with E-state index in [0.29, 0.717) is 6.54 Å². The Hall–Kier alpha value is -1.06. The van der Waals surface area contributed by atoms with E-state index in [1.165, 1.54) is 0 Å². The highest BCUT2D eigenvalue weighted by atomic mass is 16.1. The van der Waals surface area contributed by atoms with E-state index < -0.39 is 0 Å². The molecule has 1 N–H and O–H groups in total. The summed E-state index contributed by atoms with van der Waals surface area (Å²) in [6, 6.07) is 0. The number of rotatable bonds is 0. The predicted octanol–water partition coefficient (Wildman–Crippen LogP) is -0.924. The molecule has 0 aliphatic carbocycles. The average Bonchev–Trinajstić information content (AvgIpc) is 1.88. The molecule has 0 fully saturated rings. The fourth-order valence-corrected chi connectivity index (χ4v) is 0.752. The zero-order valence-corrected chi connectivity index (χ0v) is 6.22. The van der Waals surface area contributed by atoms with E-state index in [1.807, 2.05) is 19.0 Å². The number of aliphatic imine (C=N–C) groups is 1. The molecule has 0 unspecified atom stereocenters. The molecular weight excluding hydrogens is 130 g/mol. The number of hydrogen-bond acceptors (Lipinski definition) is 3. The van der Waals surface area contributed by atoms with Gasteiger partial charge in [0.1, 0.15) is 12.4 Å². The van der Waals surface area contributed by atoms with Crippen molar-refractivity contribution in [3.63, 3.8) is 0 Å². The van der Waals surface area contributed by atoms with Gasteiger partial charge in [-0.15, -0.1) is 0 Å². The largest absolute Gasteiger partial charge is 0.365 e. The van der Waals surface area contributed by atoms with Crippen LogP contribution in [0.15, 0.2) is 4.99 Å². The van der Waals surface area contributed by atoms with Crippen LogP contribution in [0.1, 0.15) is 0 Å². The van der Waals surface area contributed by atoms with Crippen molar-refractivity contribution in [2.45, 2.75) is 0 Å². The van der Waals surface area contributed by atoms with Crippen LogP contribution in [0.25, 0.3) is 0 Å². The lowest BCUT2D eigenvalue weighted by molar-refractivity contribution is -0.119. The monoisotopic (exact) mass is 141 g/mol. The summed E-state index contributed by atoms with van der Waals surface area (Å²) in [5, 5.41) is 2.70. The molecule has 10 heavy (non-hydrogen) atoms. The van der Waals surface area contributed by atoms with Crippen molar-refractivity contribution >= 4 is 11.7 Å². The van der Waals surface area contributed by atoms with Crippen LogP contribution in [-0.2, 0) is 4.79 Å². The van der Waals surface area contributed by atoms with Gasteiger partial charge in [-0.1, -0.05) is 0 Å². The molecule has 1 aliphatic rings. The first-order valence-corrected chi connectivity index (χ1v) is 3.17. The highest BCUT2D eigenvalue weighted by molar-refractivity contribution is 5.93. The zero-order valence-electron chi connectivity index (χ0n) is 6.22. The molecule has 1 aliphatic heterocycles. The van der Waals surface area contributed by atoms with Gasteiger partial charge in [0.05, 0.1) is 6.54 Å². The average molecular weight is 141 g/mol. The van der Waals surface area contributed by atoms with Crippen LogP contribution in [0.4, 0.5) is 0 Å². The number of nitrogens with zero attached hydrogens (tertiary/aromatic N) is 2. The maximum Gasteiger partial charge on any atom is 0.242 e. The lowest BCUT2D eigenvalue weighted by atomic mass is 10.4. The molecule has 0 atom stereocenters. The third-order valence-corrected chi connectivity index (χ3v) is 1.37. The second-order valence-corrected chi connectivity index (χ2v) is 2.40. The molecule has 0 saturated carbocycles. The fraction of sp³-hybridized carbons (Fsp3) is 0.667. The van der Waals surface area contributed by atoms with Crippen LogP contribution >= 0.6 is 0 Å². The van der Waals surface area contributed by atoms with Gasteiger partial charge >= 0.3 is 0 Å². The molecule has 1 heterocycles. The first-order valence-electron chi connectivity index (χ1n) is 3.17. The second-order valence-electron chi connectivity index (χ2n) is 2.40. The molecule has 0 spiro atoms. The lowest BCUT2D eigenvalue weighted by Gasteiger charge is -2.19. The summed E-state index contributed by atoms with van der Waals surface area (Å²) in [6.45, 7) is 0.833. The van der Waals surface area contributed by atoms with Crippen LogP contribution in [0.5, 0.6) is 0 Å². The molecule has 0 aromatic carbocycles. The van der Waals surface area contributed by atoms with Crippen molar-refractivity contribution in [2.75, 3.05) is 27.2 Å². The summed E-state index contributed by atoms with van der Waals surface area (Å²) in [7, 11) is 3.83. The number of nitrogens with one attached hydrogen (secondary N) is 1. The van der Waals surface area contributed by atoms with Gasteiger partial charge in [0.25, 0.3) is 0 Å². The summed E-state index contributed by atoms with van der Waals surface area (Å²) < 4.78 is 0. The number of carbonyl (C=O) groups is 1. The van der Waals surface area contributed by atoms with Crippen LogP contribution in [0.2, 0.25) is 0 Å². The quantitative estimate of drug-likeness (QED) is 0.474. The van der Waals surface area contributed by atoms with Gasteiger partial charge in [0, 0.05) is 14.1 Å². The van der Waals surface area contributed by atoms with E-state index in [2.05, 4.69) is 10.3 Å². The van der Waals surface area contributed by atoms with Crippen LogP contribution in [-0.4, -0.2) is 43.8 Å². The maximum atomic E-state index is 10.6. The fourth-order valence-electron chi connectivity index (χ4n) is 0.752. The molecule has 4 nitrogen and oxygen atoms in total. The van der Waals surface area contributed by atoms with E-state index in [1.54, 1.807) is 0 Å². The van der Waals surface area contributed by atoms with Crippen molar-refractivity contribution in [2.24, 2.45) is 4.99 Å². The Kier molecular flexibility index (Phi) is 1.89. The van der Waals surface area contributed by atoms with Gasteiger partial charge < -0.3 is 10.2 Å². The predicted molar refractivity (Wildman–Crippen MR) is 39.0 cm³/mol. The zero-order chi connectivity index (χ0) is 7.56. The maximum absolute atomic E-state index is 10.6. The van der Waals surface area contributed by atoms with E-state index in [4.69, 9.17) is 0 Å². The Balaban J connectivity index is 2.56. The van der Waals surface area contributed by atoms with Gasteiger partial charge in [0.2, 0.25) is 5.91 Å². The molecule has 0 aromatic rings. The topological polar surface area (TPSA) is 44.7 Å². The van der Waals surface area contributed by atoms with Crippen molar-refractivity contribution < 1.29 is 4.79 Å². The highest BCUT2D eigenvalue weighted by Crippen LogP contribution is 1.88. The first kappa shape index (κ1) is 7.05. The Labute approximate surface area is 59.9 Å². The van der Waals surface area contributed by atoms with E-state index in [9.17, 15) is 4.79 Å². The van der Waals surface area contributed by atoms with Crippen LogP contribution < -0.4 is 5.32 Å². The summed E-state index contributed by atoms with van der Waals surface area (Å²) >= 11 is 0. The molecule has 1 rings (SSSR count). The standard InChI is InChI=1S/C6H11N3O/c1-9(2)5-3-8-6(10)4-7-5/h3-4H2,1-2H3,(H,8,10). The summed E-state index contributed by atoms with van der Waals surface area (Å²) in [5.41, 5.74) is 0. The SMILES string of the molecule is CN(C)C1=NCC(=O)NC1. The Morgan fingerprint density at radius 2 is 2.30 bits per heavy atom. The number of amides is 1. The minimum Gasteiger partial charge on any atom is -0.365 e. The van der Waals surface area contributed by atoms with Gasteiger partial charge in [-0.25, -0.2) is 0 Å². The van der Waals surface area contributed by atoms with Crippen LogP contribution in [0, 0.1) is 0 Å². The Bertz CT molecular complexity index is 174. The van der Waals surface area contributed by atoms with Crippen molar-refractivity contribution in [3.05, 3.63) is 0 Å². The Morgan fingerprint density at radius 1 is 1.60 bits per heavy atom. The highest BCUT2D eigenvalue weighted by Gasteiger charge is 2.10. The summed E-state index contributed by atoms with van der Waals surface area (Å²) in [4.78, 5) is 16.5. The summed E-state index contributed by atoms with van der Waals surface area (Å²) in [6.07, 6.45) is 0. The molecule has 0 radical (unpaired) electrons. The first-order chi connectivity index (χ1) is 4.70. The molecular formula is C6H11N3O. The minimum absolute atomic E-state index is 0.00519. The van der Waals surface area contributed by atoms with Gasteiger partial charge in [-0.3, -0.25) is 9.79 Å². The van der Waals surface area contributed by atoms with E-state index >= 15 is 0 Å². The van der Waals surface area contributed by atoms with Crippen LogP contribution in [0.3, 0.4) is 0 Å². The van der Waals surface area contributed by atoms with E-state index in [-0.39, 0.29) is 12.5 Å². The lowest BCUT2D eigenvalue weighted by Crippen LogP contribution is -2.41. The van der Waals surface area contributed by atoms with Crippen molar-refractivity contribution in [1.82, 2.24) is 10.2 Å². The molecule has 0 bridgehead atoms. The summed E-state index contributed by atoms with van der Waals surface area (Å²) in [5.74, 6) is 0.935. The van der Waals surface area contributed by atoms with Crippen molar-refractivity contribution in [3.8, 4) is 0 Å². The third kappa shape index (κ3) is 1.46. The number of amidine groups is 1. The van der Waals surface area contributed by atoms with Gasteiger partial charge in [-0.05, 0) is 0 Å². The smallest absolute Gasteiger partial charge is 0.242 e. The van der Waals surface area contributed by atoms with Gasteiger partial charge in [0.15, 0.2) is 0 Å².